The molecule has 142 valence electrons. The smallest absolute Gasteiger partial charge is 0.265 e. The van der Waals surface area contributed by atoms with E-state index >= 15 is 0 Å². The molecule has 0 aromatic heterocycles. The van der Waals surface area contributed by atoms with E-state index in [1.165, 1.54) is 5.56 Å². The van der Waals surface area contributed by atoms with Gasteiger partial charge in [0, 0.05) is 13.0 Å². The Balaban J connectivity index is 1.43. The minimum absolute atomic E-state index is 0.00235. The van der Waals surface area contributed by atoms with Crippen LogP contribution in [0.25, 0.3) is 0 Å². The Morgan fingerprint density at radius 3 is 2.85 bits per heavy atom. The molecule has 0 aliphatic carbocycles. The number of nitrogens with one attached hydrogen (secondary N) is 1. The number of hydrogen-bond donors (Lipinski definition) is 1. The van der Waals surface area contributed by atoms with Crippen LogP contribution in [0, 0.1) is 13.8 Å². The number of rotatable bonds is 7. The van der Waals surface area contributed by atoms with Crippen molar-refractivity contribution in [3.63, 3.8) is 0 Å². The highest BCUT2D eigenvalue weighted by Crippen LogP contribution is 2.31. The molecule has 6 nitrogen and oxygen atoms in total. The molecule has 0 radical (unpaired) electrons. The molecular formula is C21H24N2O4. The highest BCUT2D eigenvalue weighted by Gasteiger charge is 2.25. The number of anilines is 1. The lowest BCUT2D eigenvalue weighted by atomic mass is 10.1. The van der Waals surface area contributed by atoms with Crippen molar-refractivity contribution in [3.05, 3.63) is 53.6 Å². The van der Waals surface area contributed by atoms with E-state index in [2.05, 4.69) is 11.4 Å². The van der Waals surface area contributed by atoms with Gasteiger partial charge in [-0.05, 0) is 37.6 Å². The van der Waals surface area contributed by atoms with E-state index in [1.54, 1.807) is 4.90 Å². The third-order valence-electron chi connectivity index (χ3n) is 4.38. The van der Waals surface area contributed by atoms with Crippen LogP contribution in [-0.2, 0) is 9.59 Å². The van der Waals surface area contributed by atoms with Gasteiger partial charge < -0.3 is 19.7 Å². The number of aryl methyl sites for hydroxylation is 2. The molecule has 0 spiro atoms. The summed E-state index contributed by atoms with van der Waals surface area (Å²) in [5, 5.41) is 2.83. The first-order chi connectivity index (χ1) is 13.0. The maximum Gasteiger partial charge on any atom is 0.265 e. The summed E-state index contributed by atoms with van der Waals surface area (Å²) in [7, 11) is 0. The lowest BCUT2D eigenvalue weighted by molar-refractivity contribution is -0.122. The van der Waals surface area contributed by atoms with Crippen molar-refractivity contribution in [2.24, 2.45) is 0 Å². The number of nitrogens with zero attached hydrogens (tertiary/aromatic N) is 1. The zero-order chi connectivity index (χ0) is 19.2. The monoisotopic (exact) mass is 368 g/mol. The number of hydrogen-bond acceptors (Lipinski definition) is 4. The minimum Gasteiger partial charge on any atom is -0.491 e. The van der Waals surface area contributed by atoms with Gasteiger partial charge >= 0.3 is 0 Å². The predicted molar refractivity (Wildman–Crippen MR) is 103 cm³/mol. The number of ether oxygens (including phenoxy) is 2. The third kappa shape index (κ3) is 4.78. The van der Waals surface area contributed by atoms with Crippen LogP contribution >= 0.6 is 0 Å². The highest BCUT2D eigenvalue weighted by atomic mass is 16.5. The first-order valence-corrected chi connectivity index (χ1v) is 9.03. The van der Waals surface area contributed by atoms with Crippen LogP contribution < -0.4 is 19.7 Å². The molecule has 27 heavy (non-hydrogen) atoms. The maximum absolute atomic E-state index is 12.1. The number of para-hydroxylation sites is 2. The molecule has 6 heteroatoms. The summed E-state index contributed by atoms with van der Waals surface area (Å²) >= 11 is 0. The second-order valence-electron chi connectivity index (χ2n) is 6.52. The standard InChI is InChI=1S/C21H24N2O4/c1-15-7-8-18(16(2)13-15)26-12-10-22-20(24)9-11-23-17-5-3-4-6-19(17)27-14-21(23)25/h3-8,13H,9-12,14H2,1-2H3,(H,22,24). The molecule has 1 aliphatic rings. The van der Waals surface area contributed by atoms with E-state index < -0.39 is 0 Å². The van der Waals surface area contributed by atoms with E-state index in [1.807, 2.05) is 50.2 Å². The summed E-state index contributed by atoms with van der Waals surface area (Å²) < 4.78 is 11.1. The van der Waals surface area contributed by atoms with Gasteiger partial charge in [-0.1, -0.05) is 29.8 Å². The van der Waals surface area contributed by atoms with E-state index in [0.29, 0.717) is 31.1 Å². The van der Waals surface area contributed by atoms with Gasteiger partial charge in [-0.25, -0.2) is 0 Å². The van der Waals surface area contributed by atoms with Crippen LogP contribution in [0.2, 0.25) is 0 Å². The lowest BCUT2D eigenvalue weighted by Crippen LogP contribution is -2.41. The summed E-state index contributed by atoms with van der Waals surface area (Å²) in [6, 6.07) is 13.3. The van der Waals surface area contributed by atoms with Crippen molar-refractivity contribution < 1.29 is 19.1 Å². The molecule has 0 unspecified atom stereocenters. The molecule has 2 aromatic carbocycles. The lowest BCUT2D eigenvalue weighted by Gasteiger charge is -2.29. The van der Waals surface area contributed by atoms with Gasteiger partial charge in [-0.2, -0.15) is 0 Å². The number of carbonyl (C=O) groups excluding carboxylic acids is 2. The molecule has 1 N–H and O–H groups in total. The number of benzene rings is 2. The second kappa shape index (κ2) is 8.58. The normalized spacial score (nSPS) is 13.0. The van der Waals surface area contributed by atoms with Gasteiger partial charge in [-0.3, -0.25) is 9.59 Å². The zero-order valence-electron chi connectivity index (χ0n) is 15.7. The summed E-state index contributed by atoms with van der Waals surface area (Å²) in [6.45, 7) is 5.17. The molecule has 1 heterocycles. The van der Waals surface area contributed by atoms with Gasteiger partial charge in [0.2, 0.25) is 5.91 Å². The number of fused-ring (bicyclic) bond motifs is 1. The maximum atomic E-state index is 12.1. The molecule has 0 bridgehead atoms. The van der Waals surface area contributed by atoms with E-state index in [-0.39, 0.29) is 24.8 Å². The van der Waals surface area contributed by atoms with E-state index in [9.17, 15) is 9.59 Å². The second-order valence-corrected chi connectivity index (χ2v) is 6.52. The van der Waals surface area contributed by atoms with Crippen molar-refractivity contribution >= 4 is 17.5 Å². The zero-order valence-corrected chi connectivity index (χ0v) is 15.7. The van der Waals surface area contributed by atoms with Gasteiger partial charge in [-0.15, -0.1) is 0 Å². The topological polar surface area (TPSA) is 67.9 Å². The minimum atomic E-state index is -0.139. The largest absolute Gasteiger partial charge is 0.491 e. The van der Waals surface area contributed by atoms with E-state index in [4.69, 9.17) is 9.47 Å². The average molecular weight is 368 g/mol. The van der Waals surface area contributed by atoms with Crippen molar-refractivity contribution in [1.29, 1.82) is 0 Å². The fourth-order valence-electron chi connectivity index (χ4n) is 3.01. The molecule has 0 saturated carbocycles. The predicted octanol–water partition coefficient (Wildman–Crippen LogP) is 2.61. The third-order valence-corrected chi connectivity index (χ3v) is 4.38. The SMILES string of the molecule is Cc1ccc(OCCNC(=O)CCN2C(=O)COc3ccccc32)c(C)c1. The van der Waals surface area contributed by atoms with Crippen molar-refractivity contribution in [2.45, 2.75) is 20.3 Å². The van der Waals surface area contributed by atoms with E-state index in [0.717, 1.165) is 11.3 Å². The van der Waals surface area contributed by atoms with Crippen LogP contribution in [0.15, 0.2) is 42.5 Å². The van der Waals surface area contributed by atoms with Gasteiger partial charge in [0.25, 0.3) is 5.91 Å². The fraction of sp³-hybridized carbons (Fsp3) is 0.333. The quantitative estimate of drug-likeness (QED) is 0.763. The van der Waals surface area contributed by atoms with Crippen LogP contribution in [0.3, 0.4) is 0 Å². The molecule has 3 rings (SSSR count). The number of carbonyl (C=O) groups is 2. The first-order valence-electron chi connectivity index (χ1n) is 9.03. The summed E-state index contributed by atoms with van der Waals surface area (Å²) in [5.41, 5.74) is 2.97. The Kier molecular flexibility index (Phi) is 5.96. The van der Waals surface area contributed by atoms with Crippen LogP contribution in [0.4, 0.5) is 5.69 Å². The van der Waals surface area contributed by atoms with Gasteiger partial charge in [0.05, 0.1) is 12.2 Å². The van der Waals surface area contributed by atoms with Crippen LogP contribution in [0.1, 0.15) is 17.5 Å². The van der Waals surface area contributed by atoms with Gasteiger partial charge in [0.1, 0.15) is 18.1 Å². The Morgan fingerprint density at radius 2 is 2.04 bits per heavy atom. The van der Waals surface area contributed by atoms with Crippen LogP contribution in [-0.4, -0.2) is 38.1 Å². The molecule has 2 aromatic rings. The molecule has 1 aliphatic heterocycles. The fourth-order valence-corrected chi connectivity index (χ4v) is 3.01. The Morgan fingerprint density at radius 1 is 1.22 bits per heavy atom. The Hall–Kier alpha value is -3.02. The van der Waals surface area contributed by atoms with Crippen molar-refractivity contribution in [3.8, 4) is 11.5 Å². The van der Waals surface area contributed by atoms with Gasteiger partial charge in [0.15, 0.2) is 6.61 Å². The molecule has 0 fully saturated rings. The molecular weight excluding hydrogens is 344 g/mol. The molecule has 0 atom stereocenters. The molecule has 2 amide bonds. The first kappa shape index (κ1) is 18.8. The summed E-state index contributed by atoms with van der Waals surface area (Å²) in [4.78, 5) is 25.8. The highest BCUT2D eigenvalue weighted by molar-refractivity contribution is 5.98. The number of amides is 2. The summed E-state index contributed by atoms with van der Waals surface area (Å²) in [6.07, 6.45) is 0.226. The van der Waals surface area contributed by atoms with Crippen molar-refractivity contribution in [1.82, 2.24) is 5.32 Å². The molecule has 0 saturated heterocycles. The Bertz CT molecular complexity index is 835. The van der Waals surface area contributed by atoms with Crippen molar-refractivity contribution in [2.75, 3.05) is 31.2 Å². The van der Waals surface area contributed by atoms with Crippen LogP contribution in [0.5, 0.6) is 11.5 Å². The average Bonchev–Trinajstić information content (AvgIpc) is 2.66. The Labute approximate surface area is 159 Å². The summed E-state index contributed by atoms with van der Waals surface area (Å²) in [5.74, 6) is 1.24.